The summed E-state index contributed by atoms with van der Waals surface area (Å²) in [4.78, 5) is 11.9. The molecule has 20 heavy (non-hydrogen) atoms. The monoisotopic (exact) mass is 277 g/mol. The lowest BCUT2D eigenvalue weighted by Crippen LogP contribution is -2.33. The fourth-order valence-electron chi connectivity index (χ4n) is 2.00. The summed E-state index contributed by atoms with van der Waals surface area (Å²) in [5.41, 5.74) is 0.558. The molecule has 1 fully saturated rings. The van der Waals surface area contributed by atoms with Crippen LogP contribution in [0.1, 0.15) is 24.8 Å². The van der Waals surface area contributed by atoms with Gasteiger partial charge in [0, 0.05) is 12.3 Å². The predicted molar refractivity (Wildman–Crippen MR) is 72.6 cm³/mol. The number of nitrogens with one attached hydrogen (secondary N) is 1. The number of ether oxygens (including phenoxy) is 1. The Balaban J connectivity index is 2.02. The predicted octanol–water partition coefficient (Wildman–Crippen LogP) is 1.68. The Hall–Kier alpha value is -1.90. The van der Waals surface area contributed by atoms with Crippen molar-refractivity contribution >= 4 is 11.6 Å². The summed E-state index contributed by atoms with van der Waals surface area (Å²) in [6.45, 7) is 0.263. The van der Waals surface area contributed by atoms with Gasteiger partial charge in [-0.05, 0) is 37.5 Å². The molecule has 1 saturated heterocycles. The smallest absolute Gasteiger partial charge is 0.253 e. The highest BCUT2D eigenvalue weighted by Crippen LogP contribution is 2.17. The normalized spacial score (nSPS) is 18.0. The maximum Gasteiger partial charge on any atom is 0.253 e. The second-order valence-corrected chi connectivity index (χ2v) is 4.50. The first-order valence-electron chi connectivity index (χ1n) is 6.52. The average molecular weight is 277 g/mol. The van der Waals surface area contributed by atoms with Crippen LogP contribution in [0.4, 0.5) is 10.1 Å². The van der Waals surface area contributed by atoms with E-state index in [1.807, 2.05) is 0 Å². The Labute approximate surface area is 116 Å². The zero-order valence-corrected chi connectivity index (χ0v) is 11.0. The van der Waals surface area contributed by atoms with E-state index in [9.17, 15) is 9.18 Å². The van der Waals surface area contributed by atoms with Crippen LogP contribution in [0.2, 0.25) is 0 Å². The number of hydrogen-bond donors (Lipinski definition) is 2. The first kappa shape index (κ1) is 14.5. The van der Waals surface area contributed by atoms with E-state index in [0.29, 0.717) is 18.7 Å². The lowest BCUT2D eigenvalue weighted by Gasteiger charge is -2.21. The number of halogens is 1. The molecule has 1 atom stereocenters. The van der Waals surface area contributed by atoms with Crippen molar-refractivity contribution in [2.24, 2.45) is 0 Å². The van der Waals surface area contributed by atoms with Crippen LogP contribution in [0.15, 0.2) is 18.2 Å². The van der Waals surface area contributed by atoms with Gasteiger partial charge in [-0.1, -0.05) is 11.8 Å². The summed E-state index contributed by atoms with van der Waals surface area (Å²) in [6.07, 6.45) is 2.16. The van der Waals surface area contributed by atoms with Crippen molar-refractivity contribution in [3.05, 3.63) is 29.6 Å². The van der Waals surface area contributed by atoms with Gasteiger partial charge in [0.25, 0.3) is 5.91 Å². The second-order valence-electron chi connectivity index (χ2n) is 4.50. The molecule has 0 radical (unpaired) electrons. The molecule has 2 rings (SSSR count). The lowest BCUT2D eigenvalue weighted by atomic mass is 10.1. The number of aliphatic hydroxyl groups is 1. The summed E-state index contributed by atoms with van der Waals surface area (Å²) in [5.74, 6) is 4.08. The number of anilines is 1. The van der Waals surface area contributed by atoms with Crippen LogP contribution in [0.3, 0.4) is 0 Å². The number of benzene rings is 1. The number of aliphatic hydroxyl groups excluding tert-OH is 1. The summed E-state index contributed by atoms with van der Waals surface area (Å²) in [7, 11) is 0. The van der Waals surface area contributed by atoms with Gasteiger partial charge < -0.3 is 15.2 Å². The number of carbonyl (C=O) groups is 1. The lowest BCUT2D eigenvalue weighted by molar-refractivity contribution is -0.129. The molecule has 0 spiro atoms. The van der Waals surface area contributed by atoms with Gasteiger partial charge in [0.2, 0.25) is 0 Å². The Morgan fingerprint density at radius 1 is 1.50 bits per heavy atom. The molecule has 1 aromatic carbocycles. The Morgan fingerprint density at radius 3 is 3.00 bits per heavy atom. The average Bonchev–Trinajstić information content (AvgIpc) is 2.47. The van der Waals surface area contributed by atoms with Gasteiger partial charge in [0.15, 0.2) is 0 Å². The van der Waals surface area contributed by atoms with Gasteiger partial charge in [-0.25, -0.2) is 4.39 Å². The van der Waals surface area contributed by atoms with Crippen molar-refractivity contribution in [2.45, 2.75) is 25.4 Å². The topological polar surface area (TPSA) is 58.6 Å². The number of carbonyl (C=O) groups excluding carboxylic acids is 1. The minimum atomic E-state index is -0.534. The molecule has 5 heteroatoms. The van der Waals surface area contributed by atoms with Crippen molar-refractivity contribution in [1.29, 1.82) is 0 Å². The van der Waals surface area contributed by atoms with Crippen molar-refractivity contribution in [3.63, 3.8) is 0 Å². The maximum atomic E-state index is 13.7. The molecule has 0 aliphatic carbocycles. The minimum absolute atomic E-state index is 0.186. The zero-order chi connectivity index (χ0) is 14.4. The first-order chi connectivity index (χ1) is 9.70. The van der Waals surface area contributed by atoms with Crippen LogP contribution < -0.4 is 5.32 Å². The van der Waals surface area contributed by atoms with E-state index in [1.54, 1.807) is 6.07 Å². The van der Waals surface area contributed by atoms with Crippen molar-refractivity contribution in [3.8, 4) is 11.8 Å². The third-order valence-corrected chi connectivity index (χ3v) is 3.01. The van der Waals surface area contributed by atoms with E-state index in [-0.39, 0.29) is 18.1 Å². The van der Waals surface area contributed by atoms with Crippen LogP contribution in [0, 0.1) is 17.7 Å². The largest absolute Gasteiger partial charge is 0.384 e. The molecule has 106 valence electrons. The van der Waals surface area contributed by atoms with Crippen LogP contribution in [-0.4, -0.2) is 30.3 Å². The summed E-state index contributed by atoms with van der Waals surface area (Å²) >= 11 is 0. The summed E-state index contributed by atoms with van der Waals surface area (Å²) < 4.78 is 19.1. The van der Waals surface area contributed by atoms with Gasteiger partial charge >= 0.3 is 0 Å². The summed E-state index contributed by atoms with van der Waals surface area (Å²) in [6, 6.07) is 4.25. The fourth-order valence-corrected chi connectivity index (χ4v) is 2.00. The summed E-state index contributed by atoms with van der Waals surface area (Å²) in [5, 5.41) is 11.2. The molecule has 1 aliphatic rings. The molecule has 1 heterocycles. The quantitative estimate of drug-likeness (QED) is 0.809. The highest BCUT2D eigenvalue weighted by Gasteiger charge is 2.22. The Bertz CT molecular complexity index is 542. The molecular weight excluding hydrogens is 261 g/mol. The molecule has 4 nitrogen and oxygen atoms in total. The van der Waals surface area contributed by atoms with Crippen molar-refractivity contribution in [2.75, 3.05) is 18.5 Å². The van der Waals surface area contributed by atoms with Crippen LogP contribution in [-0.2, 0) is 9.53 Å². The van der Waals surface area contributed by atoms with Crippen LogP contribution in [0.25, 0.3) is 0 Å². The number of hydrogen-bond acceptors (Lipinski definition) is 3. The third-order valence-electron chi connectivity index (χ3n) is 3.01. The van der Waals surface area contributed by atoms with Crippen LogP contribution in [0.5, 0.6) is 0 Å². The zero-order valence-electron chi connectivity index (χ0n) is 11.0. The Kier molecular flexibility index (Phi) is 5.10. The molecular formula is C15H16FNO3. The van der Waals surface area contributed by atoms with Gasteiger partial charge in [0.1, 0.15) is 18.5 Å². The van der Waals surface area contributed by atoms with E-state index < -0.39 is 11.9 Å². The third kappa shape index (κ3) is 3.80. The second kappa shape index (κ2) is 7.04. The van der Waals surface area contributed by atoms with E-state index >= 15 is 0 Å². The van der Waals surface area contributed by atoms with Crippen LogP contribution >= 0.6 is 0 Å². The molecule has 0 bridgehead atoms. The maximum absolute atomic E-state index is 13.7. The van der Waals surface area contributed by atoms with Gasteiger partial charge in [-0.3, -0.25) is 4.79 Å². The number of rotatable bonds is 2. The fraction of sp³-hybridized carbons (Fsp3) is 0.400. The minimum Gasteiger partial charge on any atom is -0.384 e. The molecule has 2 N–H and O–H groups in total. The van der Waals surface area contributed by atoms with E-state index in [4.69, 9.17) is 9.84 Å². The van der Waals surface area contributed by atoms with Crippen molar-refractivity contribution in [1.82, 2.24) is 0 Å². The van der Waals surface area contributed by atoms with Gasteiger partial charge in [-0.15, -0.1) is 0 Å². The molecule has 0 aromatic heterocycles. The molecule has 1 aromatic rings. The number of amides is 1. The molecule has 0 saturated carbocycles. The molecule has 1 unspecified atom stereocenters. The highest BCUT2D eigenvalue weighted by molar-refractivity contribution is 5.94. The SMILES string of the molecule is O=C(Nc1ccc(C#CCO)c(F)c1)C1CCCCO1. The van der Waals surface area contributed by atoms with E-state index in [0.717, 1.165) is 12.8 Å². The molecule has 1 aliphatic heterocycles. The van der Waals surface area contributed by atoms with Gasteiger partial charge in [0.05, 0.1) is 5.56 Å². The van der Waals surface area contributed by atoms with Crippen molar-refractivity contribution < 1.29 is 19.0 Å². The van der Waals surface area contributed by atoms with E-state index in [2.05, 4.69) is 17.2 Å². The standard InChI is InChI=1S/C15H16FNO3/c16-13-10-12(7-6-11(13)4-3-8-18)17-15(19)14-5-1-2-9-20-14/h6-7,10,14,18H,1-2,5,8-9H2,(H,17,19). The van der Waals surface area contributed by atoms with E-state index in [1.165, 1.54) is 12.1 Å². The first-order valence-corrected chi connectivity index (χ1v) is 6.52. The Morgan fingerprint density at radius 2 is 2.35 bits per heavy atom. The van der Waals surface area contributed by atoms with Gasteiger partial charge in [-0.2, -0.15) is 0 Å². The highest BCUT2D eigenvalue weighted by atomic mass is 19.1. The molecule has 1 amide bonds.